The third-order valence-electron chi connectivity index (χ3n) is 6.97. The van der Waals surface area contributed by atoms with Gasteiger partial charge in [-0.3, -0.25) is 9.59 Å². The van der Waals surface area contributed by atoms with Crippen molar-refractivity contribution in [1.29, 1.82) is 0 Å². The van der Waals surface area contributed by atoms with Crippen molar-refractivity contribution >= 4 is 45.8 Å². The van der Waals surface area contributed by atoms with Crippen LogP contribution in [0.25, 0.3) is 11.0 Å². The zero-order valence-corrected chi connectivity index (χ0v) is 23.1. The molecule has 41 heavy (non-hydrogen) atoms. The lowest BCUT2D eigenvalue weighted by molar-refractivity contribution is -0.153. The van der Waals surface area contributed by atoms with Gasteiger partial charge in [0.05, 0.1) is 30.2 Å². The normalized spacial score (nSPS) is 17.1. The molecule has 0 spiro atoms. The first-order valence-electron chi connectivity index (χ1n) is 12.8. The van der Waals surface area contributed by atoms with Crippen LogP contribution in [0.1, 0.15) is 40.0 Å². The number of carbonyl (C=O) groups is 2. The van der Waals surface area contributed by atoms with Gasteiger partial charge in [0.15, 0.2) is 12.2 Å². The molecule has 4 aromatic rings. The average molecular weight is 607 g/mol. The van der Waals surface area contributed by atoms with Crippen molar-refractivity contribution in [2.24, 2.45) is 0 Å². The first-order valence-corrected chi connectivity index (χ1v) is 14.0. The summed E-state index contributed by atoms with van der Waals surface area (Å²) in [5.74, 6) is -2.71. The van der Waals surface area contributed by atoms with E-state index in [-0.39, 0.29) is 24.6 Å². The van der Waals surface area contributed by atoms with Gasteiger partial charge in [-0.15, -0.1) is 11.3 Å². The highest BCUT2D eigenvalue weighted by Gasteiger charge is 2.39. The minimum atomic E-state index is -4.63. The van der Waals surface area contributed by atoms with Gasteiger partial charge >= 0.3 is 6.18 Å². The van der Waals surface area contributed by atoms with Gasteiger partial charge in [-0.25, -0.2) is 4.98 Å². The van der Waals surface area contributed by atoms with E-state index >= 15 is 0 Å². The van der Waals surface area contributed by atoms with Crippen molar-refractivity contribution in [2.75, 3.05) is 6.54 Å². The molecule has 2 amide bonds. The van der Waals surface area contributed by atoms with Gasteiger partial charge in [0, 0.05) is 21.3 Å². The number of hydrogen-bond acceptors (Lipinski definition) is 6. The van der Waals surface area contributed by atoms with Crippen LogP contribution in [0.15, 0.2) is 60.7 Å². The number of alkyl halides is 3. The molecule has 3 N–H and O–H groups in total. The molecule has 0 aliphatic carbocycles. The molecule has 0 saturated carbocycles. The van der Waals surface area contributed by atoms with Crippen LogP contribution in [0.5, 0.6) is 0 Å². The lowest BCUT2D eigenvalue weighted by Gasteiger charge is -2.28. The van der Waals surface area contributed by atoms with E-state index in [1.54, 1.807) is 48.5 Å². The Labute approximate surface area is 242 Å². The van der Waals surface area contributed by atoms with E-state index in [1.165, 1.54) is 22.3 Å². The second kappa shape index (κ2) is 11.8. The number of aliphatic hydroxyl groups excluding tert-OH is 2. The first kappa shape index (κ1) is 29.1. The van der Waals surface area contributed by atoms with Gasteiger partial charge in [-0.05, 0) is 54.8 Å². The molecule has 1 saturated heterocycles. The number of imidazole rings is 1. The molecule has 216 valence electrons. The van der Waals surface area contributed by atoms with E-state index in [9.17, 15) is 33.0 Å². The first-order chi connectivity index (χ1) is 19.5. The molecule has 0 unspecified atom stereocenters. The predicted octanol–water partition coefficient (Wildman–Crippen LogP) is 4.52. The molecular weight excluding hydrogens is 581 g/mol. The SMILES string of the molecule is O=C(NCc1ccc(Cn2c(C(F)(F)F)nc3ccccc32)s1)[C@H](O)[C@@H](O)C(=O)N1CCC[C@@H]1c1cccc(Cl)c1. The highest BCUT2D eigenvalue weighted by Crippen LogP contribution is 2.34. The maximum Gasteiger partial charge on any atom is 0.449 e. The van der Waals surface area contributed by atoms with Crippen LogP contribution in [0.3, 0.4) is 0 Å². The van der Waals surface area contributed by atoms with Crippen molar-refractivity contribution in [3.8, 4) is 0 Å². The lowest BCUT2D eigenvalue weighted by Crippen LogP contribution is -2.50. The van der Waals surface area contributed by atoms with Crippen molar-refractivity contribution in [1.82, 2.24) is 19.8 Å². The second-order valence-electron chi connectivity index (χ2n) is 9.73. The summed E-state index contributed by atoms with van der Waals surface area (Å²) in [6, 6.07) is 16.4. The van der Waals surface area contributed by atoms with Gasteiger partial charge in [-0.1, -0.05) is 35.9 Å². The molecule has 0 bridgehead atoms. The number of amides is 2. The van der Waals surface area contributed by atoms with Gasteiger partial charge in [0.25, 0.3) is 11.8 Å². The summed E-state index contributed by atoms with van der Waals surface area (Å²) in [7, 11) is 0. The molecule has 5 rings (SSSR count). The number of nitrogens with zero attached hydrogens (tertiary/aromatic N) is 3. The summed E-state index contributed by atoms with van der Waals surface area (Å²) in [5, 5.41) is 24.0. The fourth-order valence-corrected chi connectivity index (χ4v) is 6.17. The number of aromatic nitrogens is 2. The Morgan fingerprint density at radius 1 is 1.07 bits per heavy atom. The Morgan fingerprint density at radius 2 is 1.83 bits per heavy atom. The van der Waals surface area contributed by atoms with Crippen LogP contribution in [-0.2, 0) is 28.9 Å². The number of rotatable bonds is 8. The summed E-state index contributed by atoms with van der Waals surface area (Å²) in [6.07, 6.45) is -7.26. The summed E-state index contributed by atoms with van der Waals surface area (Å²) >= 11 is 7.27. The highest BCUT2D eigenvalue weighted by atomic mass is 35.5. The zero-order chi connectivity index (χ0) is 29.3. The van der Waals surface area contributed by atoms with E-state index in [0.717, 1.165) is 10.1 Å². The smallest absolute Gasteiger partial charge is 0.380 e. The number of nitrogens with one attached hydrogen (secondary N) is 1. The Balaban J connectivity index is 1.21. The lowest BCUT2D eigenvalue weighted by atomic mass is 10.0. The predicted molar refractivity (Wildman–Crippen MR) is 147 cm³/mol. The van der Waals surface area contributed by atoms with Crippen LogP contribution in [0.2, 0.25) is 5.02 Å². The van der Waals surface area contributed by atoms with E-state index in [1.807, 2.05) is 6.07 Å². The number of fused-ring (bicyclic) bond motifs is 1. The number of carbonyl (C=O) groups excluding carboxylic acids is 2. The van der Waals surface area contributed by atoms with E-state index < -0.39 is 36.0 Å². The molecule has 1 aliphatic heterocycles. The van der Waals surface area contributed by atoms with Crippen molar-refractivity contribution < 1.29 is 33.0 Å². The molecule has 3 atom stereocenters. The van der Waals surface area contributed by atoms with Crippen molar-refractivity contribution in [3.63, 3.8) is 0 Å². The van der Waals surface area contributed by atoms with Crippen LogP contribution in [0.4, 0.5) is 13.2 Å². The van der Waals surface area contributed by atoms with E-state index in [0.29, 0.717) is 39.7 Å². The highest BCUT2D eigenvalue weighted by molar-refractivity contribution is 7.12. The van der Waals surface area contributed by atoms with Crippen LogP contribution >= 0.6 is 22.9 Å². The number of aliphatic hydroxyl groups is 2. The van der Waals surface area contributed by atoms with E-state index in [2.05, 4.69) is 10.3 Å². The van der Waals surface area contributed by atoms with Crippen molar-refractivity contribution in [2.45, 2.75) is 50.4 Å². The standard InChI is InChI=1S/C28H26ClF3N4O4S/c29-17-6-3-5-16(13-17)21-9-4-12-35(21)26(40)24(38)23(37)25(39)33-14-18-10-11-19(41-18)15-36-22-8-2-1-7-20(22)34-27(36)28(30,31)32/h1-3,5-8,10-11,13,21,23-24,37-38H,4,9,12,14-15H2,(H,33,39)/t21-,23-,24-/m1/s1. The summed E-state index contributed by atoms with van der Waals surface area (Å²) in [5.41, 5.74) is 1.38. The average Bonchev–Trinajstić information content (AvgIpc) is 3.69. The maximum absolute atomic E-state index is 13.6. The second-order valence-corrected chi connectivity index (χ2v) is 11.4. The molecule has 2 aromatic heterocycles. The number of halogens is 4. The minimum absolute atomic E-state index is 0.0485. The van der Waals surface area contributed by atoms with Gasteiger partial charge in [0.2, 0.25) is 5.82 Å². The van der Waals surface area contributed by atoms with Gasteiger partial charge < -0.3 is 25.0 Å². The zero-order valence-electron chi connectivity index (χ0n) is 21.5. The Bertz CT molecular complexity index is 1570. The number of likely N-dealkylation sites (tertiary alicyclic amines) is 1. The molecule has 3 heterocycles. The number of benzene rings is 2. The molecule has 13 heteroatoms. The molecule has 8 nitrogen and oxygen atoms in total. The number of thiophene rings is 1. The number of para-hydroxylation sites is 2. The molecule has 2 aromatic carbocycles. The summed E-state index contributed by atoms with van der Waals surface area (Å²) < 4.78 is 42.0. The Kier molecular flexibility index (Phi) is 8.37. The van der Waals surface area contributed by atoms with E-state index in [4.69, 9.17) is 11.6 Å². The molecule has 1 fully saturated rings. The Morgan fingerprint density at radius 3 is 2.59 bits per heavy atom. The quantitative estimate of drug-likeness (QED) is 0.273. The summed E-state index contributed by atoms with van der Waals surface area (Å²) in [6.45, 7) is 0.238. The van der Waals surface area contributed by atoms with Crippen LogP contribution in [-0.4, -0.2) is 55.2 Å². The monoisotopic (exact) mass is 606 g/mol. The van der Waals surface area contributed by atoms with Crippen LogP contribution < -0.4 is 5.32 Å². The van der Waals surface area contributed by atoms with Gasteiger partial charge in [0.1, 0.15) is 0 Å². The Hall–Kier alpha value is -3.45. The third kappa shape index (κ3) is 6.25. The van der Waals surface area contributed by atoms with Crippen molar-refractivity contribution in [3.05, 3.63) is 86.8 Å². The topological polar surface area (TPSA) is 108 Å². The third-order valence-corrected chi connectivity index (χ3v) is 8.27. The fraction of sp³-hybridized carbons (Fsp3) is 0.321. The molecule has 0 radical (unpaired) electrons. The minimum Gasteiger partial charge on any atom is -0.380 e. The maximum atomic E-state index is 13.6. The number of hydrogen-bond donors (Lipinski definition) is 3. The summed E-state index contributed by atoms with van der Waals surface area (Å²) in [4.78, 5) is 32.0. The van der Waals surface area contributed by atoms with Crippen LogP contribution in [0, 0.1) is 0 Å². The van der Waals surface area contributed by atoms with Gasteiger partial charge in [-0.2, -0.15) is 13.2 Å². The molecular formula is C28H26ClF3N4O4S. The fourth-order valence-electron chi connectivity index (χ4n) is 5.03. The molecule has 1 aliphatic rings. The largest absolute Gasteiger partial charge is 0.449 e.